The molecule has 0 bridgehead atoms. The zero-order valence-corrected chi connectivity index (χ0v) is 19.1. The third-order valence-electron chi connectivity index (χ3n) is 4.35. The van der Waals surface area contributed by atoms with E-state index in [9.17, 15) is 0 Å². The van der Waals surface area contributed by atoms with Crippen LogP contribution in [0, 0.1) is 5.92 Å². The molecule has 150 valence electrons. The lowest BCUT2D eigenvalue weighted by atomic mass is 10.1. The summed E-state index contributed by atoms with van der Waals surface area (Å²) in [4.78, 5) is 4.61. The zero-order valence-electron chi connectivity index (χ0n) is 19.1. The minimum absolute atomic E-state index is 0.935. The van der Waals surface area contributed by atoms with Crippen LogP contribution in [0.3, 0.4) is 0 Å². The summed E-state index contributed by atoms with van der Waals surface area (Å²) in [5.41, 5.74) is 2.59. The van der Waals surface area contributed by atoms with E-state index in [1.807, 2.05) is 13.8 Å². The van der Waals surface area contributed by atoms with Gasteiger partial charge in [-0.05, 0) is 51.0 Å². The molecule has 0 N–H and O–H groups in total. The molecule has 0 fully saturated rings. The lowest BCUT2D eigenvalue weighted by molar-refractivity contribution is 0.544. The molecule has 0 aliphatic heterocycles. The van der Waals surface area contributed by atoms with Crippen LogP contribution in [0.25, 0.3) is 0 Å². The van der Waals surface area contributed by atoms with Crippen molar-refractivity contribution in [3.63, 3.8) is 0 Å². The van der Waals surface area contributed by atoms with Crippen molar-refractivity contribution >= 4 is 6.21 Å². The largest absolute Gasteiger partial charge is 0.261 e. The standard InChI is InChI=1S/C16H29N.C6H14.C2H6/c1-5-9-11-13-16(8-4)17-14-15(7-3)12-10-6-2;1-4-6(3)5-2;1-2/h7-8,14H,5-6,9-13H2,1-4H3;6H,4-5H2,1-3H3;1-2H3/b15-7-,16-8?,17-14?;;. The molecule has 0 rings (SSSR count). The molecule has 0 aromatic carbocycles. The molecule has 0 amide bonds. The molecule has 0 atom stereocenters. The van der Waals surface area contributed by atoms with Gasteiger partial charge in [0.1, 0.15) is 0 Å². The zero-order chi connectivity index (χ0) is 19.9. The lowest BCUT2D eigenvalue weighted by Crippen LogP contribution is -1.88. The fraction of sp³-hybridized carbons (Fsp3) is 0.792. The molecule has 0 aliphatic rings. The van der Waals surface area contributed by atoms with Crippen LogP contribution in [0.15, 0.2) is 28.4 Å². The third-order valence-corrected chi connectivity index (χ3v) is 4.35. The van der Waals surface area contributed by atoms with Gasteiger partial charge in [0, 0.05) is 11.9 Å². The smallest absolute Gasteiger partial charge is 0.0361 e. The van der Waals surface area contributed by atoms with Gasteiger partial charge in [0.2, 0.25) is 0 Å². The molecule has 0 radical (unpaired) electrons. The maximum atomic E-state index is 4.61. The van der Waals surface area contributed by atoms with Gasteiger partial charge in [-0.3, -0.25) is 4.99 Å². The average molecular weight is 352 g/mol. The van der Waals surface area contributed by atoms with E-state index in [1.54, 1.807) is 0 Å². The topological polar surface area (TPSA) is 12.4 Å². The van der Waals surface area contributed by atoms with Crippen LogP contribution in [-0.2, 0) is 0 Å². The average Bonchev–Trinajstić information content (AvgIpc) is 2.68. The maximum absolute atomic E-state index is 4.61. The van der Waals surface area contributed by atoms with Crippen molar-refractivity contribution in [2.75, 3.05) is 0 Å². The van der Waals surface area contributed by atoms with Gasteiger partial charge in [-0.1, -0.05) is 92.7 Å². The summed E-state index contributed by atoms with van der Waals surface area (Å²) < 4.78 is 0. The highest BCUT2D eigenvalue weighted by Gasteiger charge is 1.95. The second kappa shape index (κ2) is 25.4. The summed E-state index contributed by atoms with van der Waals surface area (Å²) in [6, 6.07) is 0. The van der Waals surface area contributed by atoms with Crippen molar-refractivity contribution in [3.8, 4) is 0 Å². The summed E-state index contributed by atoms with van der Waals surface area (Å²) in [6.07, 6.45) is 17.6. The van der Waals surface area contributed by atoms with Crippen molar-refractivity contribution in [2.45, 2.75) is 120 Å². The molecular weight excluding hydrogens is 302 g/mol. The Bertz CT molecular complexity index is 319. The van der Waals surface area contributed by atoms with Crippen molar-refractivity contribution in [3.05, 3.63) is 23.4 Å². The van der Waals surface area contributed by atoms with Crippen molar-refractivity contribution in [1.29, 1.82) is 0 Å². The molecule has 25 heavy (non-hydrogen) atoms. The van der Waals surface area contributed by atoms with E-state index in [0.29, 0.717) is 0 Å². The molecule has 0 unspecified atom stereocenters. The Hall–Kier alpha value is -0.850. The van der Waals surface area contributed by atoms with E-state index in [4.69, 9.17) is 0 Å². The summed E-state index contributed by atoms with van der Waals surface area (Å²) in [7, 11) is 0. The molecule has 0 aliphatic carbocycles. The van der Waals surface area contributed by atoms with Crippen LogP contribution in [-0.4, -0.2) is 6.21 Å². The first kappa shape index (κ1) is 28.9. The van der Waals surface area contributed by atoms with Gasteiger partial charge in [-0.15, -0.1) is 0 Å². The highest BCUT2D eigenvalue weighted by molar-refractivity contribution is 5.79. The third kappa shape index (κ3) is 23.1. The van der Waals surface area contributed by atoms with Gasteiger partial charge in [0.15, 0.2) is 0 Å². The fourth-order valence-electron chi connectivity index (χ4n) is 1.96. The van der Waals surface area contributed by atoms with Crippen LogP contribution in [0.4, 0.5) is 0 Å². The summed E-state index contributed by atoms with van der Waals surface area (Å²) in [5, 5.41) is 0. The minimum atomic E-state index is 0.935. The van der Waals surface area contributed by atoms with Crippen LogP contribution < -0.4 is 0 Å². The molecule has 0 spiro atoms. The number of hydrogen-bond acceptors (Lipinski definition) is 1. The molecule has 0 aromatic rings. The Kier molecular flexibility index (Phi) is 29.4. The number of allylic oxidation sites excluding steroid dienone is 4. The van der Waals surface area contributed by atoms with Crippen LogP contribution in [0.2, 0.25) is 0 Å². The number of aliphatic imine (C=N–C) groups is 1. The monoisotopic (exact) mass is 351 g/mol. The Morgan fingerprint density at radius 1 is 0.800 bits per heavy atom. The minimum Gasteiger partial charge on any atom is -0.261 e. The second-order valence-corrected chi connectivity index (χ2v) is 6.38. The van der Waals surface area contributed by atoms with Gasteiger partial charge >= 0.3 is 0 Å². The molecule has 1 heteroatoms. The van der Waals surface area contributed by atoms with Crippen molar-refractivity contribution in [2.24, 2.45) is 10.9 Å². The predicted molar refractivity (Wildman–Crippen MR) is 121 cm³/mol. The Morgan fingerprint density at radius 2 is 1.36 bits per heavy atom. The highest BCUT2D eigenvalue weighted by atomic mass is 14.7. The molecule has 0 heterocycles. The van der Waals surface area contributed by atoms with Gasteiger partial charge < -0.3 is 0 Å². The summed E-state index contributed by atoms with van der Waals surface area (Å²) in [5.74, 6) is 0.935. The van der Waals surface area contributed by atoms with E-state index >= 15 is 0 Å². The molecule has 0 aromatic heterocycles. The van der Waals surface area contributed by atoms with Crippen molar-refractivity contribution < 1.29 is 0 Å². The van der Waals surface area contributed by atoms with Crippen LogP contribution in [0.5, 0.6) is 0 Å². The first-order chi connectivity index (χ1) is 12.1. The Labute approximate surface area is 161 Å². The Morgan fingerprint density at radius 3 is 1.72 bits per heavy atom. The number of hydrogen-bond donors (Lipinski definition) is 0. The predicted octanol–water partition coefficient (Wildman–Crippen LogP) is 9.15. The van der Waals surface area contributed by atoms with Crippen LogP contribution in [0.1, 0.15) is 120 Å². The van der Waals surface area contributed by atoms with Gasteiger partial charge in [0.25, 0.3) is 0 Å². The van der Waals surface area contributed by atoms with E-state index in [1.165, 1.54) is 56.2 Å². The normalized spacial score (nSPS) is 11.9. The first-order valence-corrected chi connectivity index (χ1v) is 10.9. The van der Waals surface area contributed by atoms with E-state index in [-0.39, 0.29) is 0 Å². The number of unbranched alkanes of at least 4 members (excludes halogenated alkanes) is 3. The molecule has 0 saturated carbocycles. The first-order valence-electron chi connectivity index (χ1n) is 10.9. The summed E-state index contributed by atoms with van der Waals surface area (Å²) in [6.45, 7) is 19.4. The number of nitrogens with zero attached hydrogens (tertiary/aromatic N) is 1. The second-order valence-electron chi connectivity index (χ2n) is 6.38. The van der Waals surface area contributed by atoms with Crippen LogP contribution >= 0.6 is 0 Å². The highest BCUT2D eigenvalue weighted by Crippen LogP contribution is 2.11. The molecule has 0 saturated heterocycles. The van der Waals surface area contributed by atoms with Gasteiger partial charge in [-0.25, -0.2) is 0 Å². The van der Waals surface area contributed by atoms with Gasteiger partial charge in [-0.2, -0.15) is 0 Å². The lowest BCUT2D eigenvalue weighted by Gasteiger charge is -2.02. The quantitative estimate of drug-likeness (QED) is 0.260. The SMILES string of the molecule is CC.CC=C(CCCCC)N=C/C(=C\C)CCCC.CCC(C)CC. The molecular formula is C24H49N. The summed E-state index contributed by atoms with van der Waals surface area (Å²) >= 11 is 0. The Balaban J connectivity index is -0.000000507. The maximum Gasteiger partial charge on any atom is 0.0361 e. The number of rotatable bonds is 11. The van der Waals surface area contributed by atoms with Gasteiger partial charge in [0.05, 0.1) is 0 Å². The molecule has 1 nitrogen and oxygen atoms in total. The van der Waals surface area contributed by atoms with E-state index in [0.717, 1.165) is 18.8 Å². The van der Waals surface area contributed by atoms with Crippen molar-refractivity contribution in [1.82, 2.24) is 0 Å². The fourth-order valence-corrected chi connectivity index (χ4v) is 1.96. The van der Waals surface area contributed by atoms with E-state index < -0.39 is 0 Å². The van der Waals surface area contributed by atoms with E-state index in [2.05, 4.69) is 71.8 Å².